The van der Waals surface area contributed by atoms with Crippen LogP contribution >= 0.6 is 46.4 Å². The van der Waals surface area contributed by atoms with Crippen molar-refractivity contribution < 1.29 is 0 Å². The number of hydrogen-bond donors (Lipinski definition) is 1. The van der Waals surface area contributed by atoms with Crippen molar-refractivity contribution in [1.29, 1.82) is 0 Å². The van der Waals surface area contributed by atoms with E-state index in [1.54, 1.807) is 12.1 Å². The van der Waals surface area contributed by atoms with Crippen molar-refractivity contribution in [2.24, 2.45) is 5.73 Å². The summed E-state index contributed by atoms with van der Waals surface area (Å²) in [5.74, 6) is -0.0337. The molecule has 2 aromatic rings. The highest BCUT2D eigenvalue weighted by atomic mass is 35.5. The summed E-state index contributed by atoms with van der Waals surface area (Å²) >= 11 is 24.9. The van der Waals surface area contributed by atoms with Crippen molar-refractivity contribution in [3.63, 3.8) is 0 Å². The number of rotatable bonds is 4. The predicted molar refractivity (Wildman–Crippen MR) is 88.4 cm³/mol. The van der Waals surface area contributed by atoms with Gasteiger partial charge in [-0.2, -0.15) is 0 Å². The van der Waals surface area contributed by atoms with Gasteiger partial charge in [-0.05, 0) is 48.4 Å². The zero-order valence-electron chi connectivity index (χ0n) is 10.5. The zero-order chi connectivity index (χ0) is 14.7. The number of nitrogens with two attached hydrogens (primary N) is 1. The lowest BCUT2D eigenvalue weighted by Gasteiger charge is -2.19. The van der Waals surface area contributed by atoms with E-state index in [0.717, 1.165) is 11.1 Å². The summed E-state index contributed by atoms with van der Waals surface area (Å²) in [5, 5.41) is 2.46. The number of halogens is 4. The lowest BCUT2D eigenvalue weighted by atomic mass is 9.92. The van der Waals surface area contributed by atoms with Crippen LogP contribution in [-0.2, 0) is 6.42 Å². The molecule has 0 aliphatic carbocycles. The first kappa shape index (κ1) is 15.9. The Labute approximate surface area is 138 Å². The quantitative estimate of drug-likeness (QED) is 0.766. The van der Waals surface area contributed by atoms with E-state index in [0.29, 0.717) is 33.1 Å². The van der Waals surface area contributed by atoms with E-state index < -0.39 is 0 Å². The Hall–Kier alpha value is -0.440. The molecule has 2 aromatic carbocycles. The number of benzene rings is 2. The molecule has 0 aliphatic rings. The lowest BCUT2D eigenvalue weighted by molar-refractivity contribution is 0.695. The van der Waals surface area contributed by atoms with Gasteiger partial charge in [-0.15, -0.1) is 0 Å². The van der Waals surface area contributed by atoms with Gasteiger partial charge in [0.05, 0.1) is 0 Å². The maximum absolute atomic E-state index is 6.24. The first-order chi connectivity index (χ1) is 9.54. The molecular formula is C15H13Cl4N. The van der Waals surface area contributed by atoms with E-state index in [9.17, 15) is 0 Å². The van der Waals surface area contributed by atoms with Crippen LogP contribution in [0.2, 0.25) is 20.1 Å². The summed E-state index contributed by atoms with van der Waals surface area (Å²) < 4.78 is 0. The van der Waals surface area contributed by atoms with E-state index in [2.05, 4.69) is 0 Å². The summed E-state index contributed by atoms with van der Waals surface area (Å²) in [5.41, 5.74) is 7.59. The van der Waals surface area contributed by atoms with Gasteiger partial charge in [0.2, 0.25) is 0 Å². The number of hydrogen-bond acceptors (Lipinski definition) is 1. The van der Waals surface area contributed by atoms with Gasteiger partial charge in [0, 0.05) is 26.0 Å². The molecular weight excluding hydrogens is 336 g/mol. The van der Waals surface area contributed by atoms with Gasteiger partial charge >= 0.3 is 0 Å². The third-order valence-electron chi connectivity index (χ3n) is 3.20. The van der Waals surface area contributed by atoms with E-state index >= 15 is 0 Å². The highest BCUT2D eigenvalue weighted by Gasteiger charge is 2.19. The van der Waals surface area contributed by atoms with Gasteiger partial charge in [0.1, 0.15) is 0 Å². The molecule has 0 spiro atoms. The van der Waals surface area contributed by atoms with Crippen molar-refractivity contribution >= 4 is 46.4 Å². The molecule has 0 heterocycles. The van der Waals surface area contributed by atoms with Crippen molar-refractivity contribution in [2.45, 2.75) is 12.3 Å². The Morgan fingerprint density at radius 1 is 0.800 bits per heavy atom. The minimum Gasteiger partial charge on any atom is -0.330 e. The van der Waals surface area contributed by atoms with Crippen molar-refractivity contribution in [2.75, 3.05) is 6.54 Å². The molecule has 0 saturated heterocycles. The predicted octanol–water partition coefficient (Wildman–Crippen LogP) is 5.59. The third-order valence-corrected chi connectivity index (χ3v) is 4.57. The molecule has 0 aliphatic heterocycles. The van der Waals surface area contributed by atoms with Gasteiger partial charge in [-0.25, -0.2) is 0 Å². The Bertz CT molecular complexity index is 572. The molecule has 2 N–H and O–H groups in total. The molecule has 0 radical (unpaired) electrons. The normalized spacial score (nSPS) is 12.4. The van der Waals surface area contributed by atoms with E-state index in [1.807, 2.05) is 24.3 Å². The smallest absolute Gasteiger partial charge is 0.0456 e. The molecule has 20 heavy (non-hydrogen) atoms. The average molecular weight is 349 g/mol. The largest absolute Gasteiger partial charge is 0.330 e. The van der Waals surface area contributed by atoms with E-state index in [1.165, 1.54) is 0 Å². The van der Waals surface area contributed by atoms with Gasteiger partial charge in [0.25, 0.3) is 0 Å². The third kappa shape index (κ3) is 3.41. The monoisotopic (exact) mass is 347 g/mol. The van der Waals surface area contributed by atoms with Crippen LogP contribution in [0, 0.1) is 0 Å². The summed E-state index contributed by atoms with van der Waals surface area (Å²) in [4.78, 5) is 0. The molecule has 106 valence electrons. The van der Waals surface area contributed by atoms with Gasteiger partial charge in [-0.1, -0.05) is 58.5 Å². The fraction of sp³-hybridized carbons (Fsp3) is 0.200. The maximum atomic E-state index is 6.24. The Morgan fingerprint density at radius 3 is 1.70 bits per heavy atom. The van der Waals surface area contributed by atoms with Crippen LogP contribution < -0.4 is 5.73 Å². The second-order valence-electron chi connectivity index (χ2n) is 4.47. The molecule has 0 fully saturated rings. The molecule has 2 rings (SSSR count). The maximum Gasteiger partial charge on any atom is 0.0456 e. The van der Waals surface area contributed by atoms with Crippen LogP contribution in [0.25, 0.3) is 0 Å². The Morgan fingerprint density at radius 2 is 1.25 bits per heavy atom. The lowest BCUT2D eigenvalue weighted by Crippen LogP contribution is -2.16. The first-order valence-corrected chi connectivity index (χ1v) is 7.62. The van der Waals surface area contributed by atoms with Crippen LogP contribution in [0.3, 0.4) is 0 Å². The van der Waals surface area contributed by atoms with E-state index in [-0.39, 0.29) is 5.92 Å². The Kier molecular flexibility index (Phi) is 5.59. The summed E-state index contributed by atoms with van der Waals surface area (Å²) in [7, 11) is 0. The molecule has 0 saturated carbocycles. The fourth-order valence-electron chi connectivity index (χ4n) is 2.18. The van der Waals surface area contributed by atoms with Crippen LogP contribution in [-0.4, -0.2) is 6.54 Å². The molecule has 0 aromatic heterocycles. The molecule has 1 atom stereocenters. The van der Waals surface area contributed by atoms with E-state index in [4.69, 9.17) is 52.1 Å². The summed E-state index contributed by atoms with van der Waals surface area (Å²) in [6.45, 7) is 0.408. The highest BCUT2D eigenvalue weighted by Crippen LogP contribution is 2.36. The molecule has 1 nitrogen and oxygen atoms in total. The zero-order valence-corrected chi connectivity index (χ0v) is 13.6. The highest BCUT2D eigenvalue weighted by molar-refractivity contribution is 6.36. The summed E-state index contributed by atoms with van der Waals surface area (Å²) in [6.07, 6.45) is 0.596. The second-order valence-corrected chi connectivity index (χ2v) is 6.10. The van der Waals surface area contributed by atoms with Gasteiger partial charge in [0.15, 0.2) is 0 Å². The van der Waals surface area contributed by atoms with Crippen molar-refractivity contribution in [1.82, 2.24) is 0 Å². The molecule has 1 unspecified atom stereocenters. The first-order valence-electron chi connectivity index (χ1n) is 6.11. The van der Waals surface area contributed by atoms with Crippen molar-refractivity contribution in [3.05, 3.63) is 67.6 Å². The second kappa shape index (κ2) is 7.02. The van der Waals surface area contributed by atoms with Gasteiger partial charge in [-0.3, -0.25) is 0 Å². The molecule has 0 bridgehead atoms. The van der Waals surface area contributed by atoms with Crippen LogP contribution in [0.15, 0.2) is 36.4 Å². The topological polar surface area (TPSA) is 26.0 Å². The van der Waals surface area contributed by atoms with Crippen LogP contribution in [0.1, 0.15) is 17.0 Å². The minimum atomic E-state index is -0.0337. The molecule has 0 amide bonds. The fourth-order valence-corrected chi connectivity index (χ4v) is 3.44. The van der Waals surface area contributed by atoms with Crippen LogP contribution in [0.5, 0.6) is 0 Å². The summed E-state index contributed by atoms with van der Waals surface area (Å²) in [6, 6.07) is 10.9. The Balaban J connectivity index is 2.39. The SMILES string of the molecule is NCC(Cc1c(Cl)cccc1Cl)c1c(Cl)cccc1Cl. The standard InChI is InChI=1S/C15H13Cl4N/c16-11-3-1-4-12(17)10(11)7-9(8-20)15-13(18)5-2-6-14(15)19/h1-6,9H,7-8,20H2. The van der Waals surface area contributed by atoms with Crippen LogP contribution in [0.4, 0.5) is 0 Å². The average Bonchev–Trinajstić information content (AvgIpc) is 2.40. The van der Waals surface area contributed by atoms with Crippen molar-refractivity contribution in [3.8, 4) is 0 Å². The molecule has 5 heteroatoms. The minimum absolute atomic E-state index is 0.0337. The van der Waals surface area contributed by atoms with Gasteiger partial charge < -0.3 is 5.73 Å².